The second-order valence-corrected chi connectivity index (χ2v) is 4.54. The first-order valence-corrected chi connectivity index (χ1v) is 5.81. The van der Waals surface area contributed by atoms with Crippen molar-refractivity contribution in [3.8, 4) is 0 Å². The number of rotatable bonds is 8. The van der Waals surface area contributed by atoms with Gasteiger partial charge in [0.15, 0.2) is 0 Å². The number of Topliss-reactive ketones (excluding diaryl/α,β-unsaturated/α-hetero) is 1. The summed E-state index contributed by atoms with van der Waals surface area (Å²) < 4.78 is 0. The maximum atomic E-state index is 11.5. The van der Waals surface area contributed by atoms with E-state index >= 15 is 0 Å². The number of hydrogen-bond donors (Lipinski definition) is 1. The Morgan fingerprint density at radius 1 is 1.36 bits per heavy atom. The zero-order chi connectivity index (χ0) is 11.0. The van der Waals surface area contributed by atoms with Gasteiger partial charge in [0.25, 0.3) is 0 Å². The fourth-order valence-electron chi connectivity index (χ4n) is 1.53. The van der Waals surface area contributed by atoms with Crippen LogP contribution < -0.4 is 5.73 Å². The van der Waals surface area contributed by atoms with E-state index in [1.54, 1.807) is 0 Å². The molecule has 0 amide bonds. The molecule has 1 atom stereocenters. The number of carbonyl (C=O) groups is 1. The van der Waals surface area contributed by atoms with Gasteiger partial charge in [-0.1, -0.05) is 33.6 Å². The predicted molar refractivity (Wildman–Crippen MR) is 61.1 cm³/mol. The summed E-state index contributed by atoms with van der Waals surface area (Å²) in [6.45, 7) is 7.13. The van der Waals surface area contributed by atoms with Crippen molar-refractivity contribution in [2.24, 2.45) is 17.6 Å². The van der Waals surface area contributed by atoms with Crippen molar-refractivity contribution in [2.75, 3.05) is 6.54 Å². The SMILES string of the molecule is CCC(CN)CC(=O)CCCC(C)C. The zero-order valence-corrected chi connectivity index (χ0v) is 9.88. The van der Waals surface area contributed by atoms with Gasteiger partial charge in [0.05, 0.1) is 0 Å². The highest BCUT2D eigenvalue weighted by Crippen LogP contribution is 2.12. The second kappa shape index (κ2) is 7.98. The quantitative estimate of drug-likeness (QED) is 0.653. The highest BCUT2D eigenvalue weighted by Gasteiger charge is 2.10. The number of carbonyl (C=O) groups excluding carboxylic acids is 1. The van der Waals surface area contributed by atoms with E-state index in [1.807, 2.05) is 0 Å². The topological polar surface area (TPSA) is 43.1 Å². The summed E-state index contributed by atoms with van der Waals surface area (Å²) in [6.07, 6.45) is 4.65. The molecular weight excluding hydrogens is 174 g/mol. The Kier molecular flexibility index (Phi) is 7.77. The molecule has 0 aromatic heterocycles. The highest BCUT2D eigenvalue weighted by atomic mass is 16.1. The molecule has 2 heteroatoms. The van der Waals surface area contributed by atoms with Crippen molar-refractivity contribution in [3.05, 3.63) is 0 Å². The summed E-state index contributed by atoms with van der Waals surface area (Å²) in [7, 11) is 0. The lowest BCUT2D eigenvalue weighted by Crippen LogP contribution is -2.17. The van der Waals surface area contributed by atoms with Gasteiger partial charge in [-0.15, -0.1) is 0 Å². The van der Waals surface area contributed by atoms with Crippen molar-refractivity contribution in [1.29, 1.82) is 0 Å². The predicted octanol–water partition coefficient (Wildman–Crippen LogP) is 2.76. The summed E-state index contributed by atoms with van der Waals surface area (Å²) in [4.78, 5) is 11.5. The Morgan fingerprint density at radius 2 is 2.00 bits per heavy atom. The standard InChI is InChI=1S/C12H25NO/c1-4-11(9-13)8-12(14)7-5-6-10(2)3/h10-11H,4-9,13H2,1-3H3. The third kappa shape index (κ3) is 7.07. The maximum Gasteiger partial charge on any atom is 0.133 e. The third-order valence-electron chi connectivity index (χ3n) is 2.66. The van der Waals surface area contributed by atoms with E-state index < -0.39 is 0 Å². The molecule has 0 spiro atoms. The van der Waals surface area contributed by atoms with E-state index in [0.29, 0.717) is 30.6 Å². The molecule has 0 saturated carbocycles. The van der Waals surface area contributed by atoms with Crippen LogP contribution in [0.2, 0.25) is 0 Å². The summed E-state index contributed by atoms with van der Waals surface area (Å²) in [6, 6.07) is 0. The molecule has 0 aromatic carbocycles. The van der Waals surface area contributed by atoms with Crippen LogP contribution in [0.1, 0.15) is 52.9 Å². The van der Waals surface area contributed by atoms with Crippen molar-refractivity contribution in [1.82, 2.24) is 0 Å². The van der Waals surface area contributed by atoms with Crippen LogP contribution in [-0.2, 0) is 4.79 Å². The summed E-state index contributed by atoms with van der Waals surface area (Å²) in [5.41, 5.74) is 5.56. The number of ketones is 1. The molecule has 0 aliphatic carbocycles. The normalized spacial score (nSPS) is 13.2. The van der Waals surface area contributed by atoms with Gasteiger partial charge in [-0.3, -0.25) is 4.79 Å². The van der Waals surface area contributed by atoms with E-state index in [2.05, 4.69) is 20.8 Å². The first-order valence-electron chi connectivity index (χ1n) is 5.81. The van der Waals surface area contributed by atoms with Gasteiger partial charge >= 0.3 is 0 Å². The molecule has 0 aromatic rings. The fourth-order valence-corrected chi connectivity index (χ4v) is 1.53. The van der Waals surface area contributed by atoms with Gasteiger partial charge in [0.1, 0.15) is 5.78 Å². The minimum absolute atomic E-state index is 0.392. The molecule has 0 rings (SSSR count). The second-order valence-electron chi connectivity index (χ2n) is 4.54. The van der Waals surface area contributed by atoms with Crippen LogP contribution in [0.5, 0.6) is 0 Å². The van der Waals surface area contributed by atoms with E-state index in [1.165, 1.54) is 0 Å². The van der Waals surface area contributed by atoms with Crippen molar-refractivity contribution < 1.29 is 4.79 Å². The fraction of sp³-hybridized carbons (Fsp3) is 0.917. The molecule has 0 fully saturated rings. The van der Waals surface area contributed by atoms with Crippen LogP contribution in [-0.4, -0.2) is 12.3 Å². The lowest BCUT2D eigenvalue weighted by Gasteiger charge is -2.10. The lowest BCUT2D eigenvalue weighted by molar-refractivity contribution is -0.120. The van der Waals surface area contributed by atoms with E-state index in [0.717, 1.165) is 25.7 Å². The summed E-state index contributed by atoms with van der Waals surface area (Å²) >= 11 is 0. The van der Waals surface area contributed by atoms with Crippen LogP contribution in [0.3, 0.4) is 0 Å². The van der Waals surface area contributed by atoms with Crippen LogP contribution in [0.25, 0.3) is 0 Å². The Labute approximate surface area is 88.3 Å². The lowest BCUT2D eigenvalue weighted by atomic mass is 9.96. The first kappa shape index (κ1) is 13.6. The van der Waals surface area contributed by atoms with E-state index in [4.69, 9.17) is 5.73 Å². The number of hydrogen-bond acceptors (Lipinski definition) is 2. The maximum absolute atomic E-state index is 11.5. The Balaban J connectivity index is 3.54. The Morgan fingerprint density at radius 3 is 2.43 bits per heavy atom. The van der Waals surface area contributed by atoms with Gasteiger partial charge in [-0.05, 0) is 24.8 Å². The Bertz CT molecular complexity index is 150. The van der Waals surface area contributed by atoms with Crippen LogP contribution in [0.15, 0.2) is 0 Å². The van der Waals surface area contributed by atoms with E-state index in [9.17, 15) is 4.79 Å². The smallest absolute Gasteiger partial charge is 0.133 e. The zero-order valence-electron chi connectivity index (χ0n) is 9.88. The monoisotopic (exact) mass is 199 g/mol. The summed E-state index contributed by atoms with van der Waals surface area (Å²) in [5.74, 6) is 1.50. The summed E-state index contributed by atoms with van der Waals surface area (Å²) in [5, 5.41) is 0. The van der Waals surface area contributed by atoms with Crippen molar-refractivity contribution in [2.45, 2.75) is 52.9 Å². The molecule has 0 saturated heterocycles. The molecule has 84 valence electrons. The van der Waals surface area contributed by atoms with Gasteiger partial charge in [0, 0.05) is 12.8 Å². The van der Waals surface area contributed by atoms with Crippen LogP contribution >= 0.6 is 0 Å². The van der Waals surface area contributed by atoms with Gasteiger partial charge < -0.3 is 5.73 Å². The first-order chi connectivity index (χ1) is 6.60. The molecule has 2 nitrogen and oxygen atoms in total. The molecule has 0 aliphatic heterocycles. The third-order valence-corrected chi connectivity index (χ3v) is 2.66. The molecule has 2 N–H and O–H groups in total. The van der Waals surface area contributed by atoms with E-state index in [-0.39, 0.29) is 0 Å². The van der Waals surface area contributed by atoms with Crippen molar-refractivity contribution >= 4 is 5.78 Å². The molecule has 1 unspecified atom stereocenters. The van der Waals surface area contributed by atoms with Gasteiger partial charge in [-0.2, -0.15) is 0 Å². The largest absolute Gasteiger partial charge is 0.330 e. The van der Waals surface area contributed by atoms with Crippen molar-refractivity contribution in [3.63, 3.8) is 0 Å². The number of nitrogens with two attached hydrogens (primary N) is 1. The molecule has 0 aliphatic rings. The molecule has 0 radical (unpaired) electrons. The highest BCUT2D eigenvalue weighted by molar-refractivity contribution is 5.78. The molecular formula is C12H25NO. The minimum atomic E-state index is 0.392. The average Bonchev–Trinajstić information content (AvgIpc) is 2.13. The van der Waals surface area contributed by atoms with Crippen LogP contribution in [0, 0.1) is 11.8 Å². The van der Waals surface area contributed by atoms with Gasteiger partial charge in [0.2, 0.25) is 0 Å². The molecule has 14 heavy (non-hydrogen) atoms. The molecule has 0 heterocycles. The minimum Gasteiger partial charge on any atom is -0.330 e. The average molecular weight is 199 g/mol. The van der Waals surface area contributed by atoms with Gasteiger partial charge in [-0.25, -0.2) is 0 Å². The molecule has 0 bridgehead atoms. The Hall–Kier alpha value is -0.370. The van der Waals surface area contributed by atoms with Crippen LogP contribution in [0.4, 0.5) is 0 Å².